The molecular formula is C24H27ClF3N7O3S. The molecule has 2 rings (SSSR count). The Balaban J connectivity index is 2.00. The molecule has 2 aromatic heterocycles. The van der Waals surface area contributed by atoms with Crippen molar-refractivity contribution in [2.24, 2.45) is 0 Å². The zero-order chi connectivity index (χ0) is 29.2. The van der Waals surface area contributed by atoms with E-state index in [9.17, 15) is 27.6 Å². The van der Waals surface area contributed by atoms with Crippen LogP contribution in [0.1, 0.15) is 58.4 Å². The molecule has 0 bridgehead atoms. The fourth-order valence-electron chi connectivity index (χ4n) is 2.96. The smallest absolute Gasteiger partial charge is 0.370 e. The number of hydrogen-bond donors (Lipinski definition) is 4. The number of nitrogens with one attached hydrogen (secondary N) is 4. The second-order valence-corrected chi connectivity index (χ2v) is 9.52. The van der Waals surface area contributed by atoms with Gasteiger partial charge in [-0.25, -0.2) is 15.0 Å². The highest BCUT2D eigenvalue weighted by molar-refractivity contribution is 7.13. The fourth-order valence-corrected chi connectivity index (χ4v) is 3.94. The van der Waals surface area contributed by atoms with Gasteiger partial charge >= 0.3 is 6.18 Å². The minimum Gasteiger partial charge on any atom is -0.370 e. The molecule has 1 atom stereocenters. The van der Waals surface area contributed by atoms with Gasteiger partial charge in [0.2, 0.25) is 5.91 Å². The monoisotopic (exact) mass is 585 g/mol. The van der Waals surface area contributed by atoms with Gasteiger partial charge in [0.25, 0.3) is 11.8 Å². The van der Waals surface area contributed by atoms with E-state index in [0.717, 1.165) is 17.4 Å². The van der Waals surface area contributed by atoms with Crippen molar-refractivity contribution in [1.82, 2.24) is 30.9 Å². The van der Waals surface area contributed by atoms with Gasteiger partial charge in [-0.2, -0.15) is 13.2 Å². The summed E-state index contributed by atoms with van der Waals surface area (Å²) in [4.78, 5) is 48.4. The lowest BCUT2D eigenvalue weighted by Gasteiger charge is -2.12. The van der Waals surface area contributed by atoms with Gasteiger partial charge in [-0.3, -0.25) is 14.4 Å². The molecule has 2 heterocycles. The summed E-state index contributed by atoms with van der Waals surface area (Å²) >= 11 is 6.58. The summed E-state index contributed by atoms with van der Waals surface area (Å²) in [5.74, 6) is -0.865. The number of carbonyl (C=O) groups is 3. The van der Waals surface area contributed by atoms with E-state index in [4.69, 9.17) is 11.6 Å². The van der Waals surface area contributed by atoms with E-state index in [-0.39, 0.29) is 22.2 Å². The topological polar surface area (TPSA) is 138 Å². The lowest BCUT2D eigenvalue weighted by atomic mass is 10.2. The Hall–Kier alpha value is -3.78. The quantitative estimate of drug-likeness (QED) is 0.216. The van der Waals surface area contributed by atoms with Crippen molar-refractivity contribution in [3.63, 3.8) is 0 Å². The number of rotatable bonds is 12. The molecular weight excluding hydrogens is 559 g/mol. The van der Waals surface area contributed by atoms with Crippen LogP contribution in [-0.4, -0.2) is 51.9 Å². The molecule has 2 aromatic rings. The van der Waals surface area contributed by atoms with E-state index in [1.165, 1.54) is 32.4 Å². The van der Waals surface area contributed by atoms with Gasteiger partial charge in [-0.05, 0) is 26.3 Å². The summed E-state index contributed by atoms with van der Waals surface area (Å²) < 4.78 is 39.6. The zero-order valence-electron chi connectivity index (χ0n) is 21.3. The SMILES string of the molecule is C=C/C(Cl)=C(\C=C(/C)NC(=O)c1cnc(C(C)NC(=O)c2cc(NCCCNC(C)=O)ncn2)s1)C(F)(F)F. The molecule has 0 aliphatic rings. The molecule has 0 aliphatic heterocycles. The van der Waals surface area contributed by atoms with Crippen LogP contribution in [0.3, 0.4) is 0 Å². The average Bonchev–Trinajstić information content (AvgIpc) is 3.37. The molecule has 0 radical (unpaired) electrons. The standard InChI is InChI=1S/C24H27ClF3N7O3S/c1-5-17(25)16(24(26,27)28)9-13(2)34-22(38)19-11-31-23(39-19)14(3)35-21(37)18-10-20(33-12-32-18)30-8-6-7-29-15(4)36/h5,9-12,14H,1,6-8H2,2-4H3,(H,29,36)(H,34,38)(H,35,37)(H,30,32,33)/b13-9+,17-16-. The molecule has 3 amide bonds. The van der Waals surface area contributed by atoms with E-state index in [0.29, 0.717) is 36.4 Å². The maximum absolute atomic E-state index is 13.2. The normalized spacial score (nSPS) is 13.2. The molecule has 10 nitrogen and oxygen atoms in total. The Morgan fingerprint density at radius 2 is 1.87 bits per heavy atom. The zero-order valence-corrected chi connectivity index (χ0v) is 22.9. The fraction of sp³-hybridized carbons (Fsp3) is 0.333. The predicted octanol–water partition coefficient (Wildman–Crippen LogP) is 4.24. The third-order valence-corrected chi connectivity index (χ3v) is 6.35. The molecule has 0 saturated heterocycles. The van der Waals surface area contributed by atoms with Crippen molar-refractivity contribution in [2.45, 2.75) is 39.4 Å². The number of amides is 3. The molecule has 1 unspecified atom stereocenters. The lowest BCUT2D eigenvalue weighted by Crippen LogP contribution is -2.27. The van der Waals surface area contributed by atoms with E-state index in [1.807, 2.05) is 0 Å². The first-order valence-electron chi connectivity index (χ1n) is 11.5. The number of aromatic nitrogens is 3. The highest BCUT2D eigenvalue weighted by Gasteiger charge is 2.34. The summed E-state index contributed by atoms with van der Waals surface area (Å²) in [5, 5.41) is 10.6. The van der Waals surface area contributed by atoms with E-state index < -0.39 is 34.6 Å². The summed E-state index contributed by atoms with van der Waals surface area (Å²) in [7, 11) is 0. The van der Waals surface area contributed by atoms with Gasteiger partial charge in [-0.15, -0.1) is 11.3 Å². The number of nitrogens with zero attached hydrogens (tertiary/aromatic N) is 3. The van der Waals surface area contributed by atoms with Gasteiger partial charge in [0.05, 0.1) is 22.8 Å². The van der Waals surface area contributed by atoms with E-state index >= 15 is 0 Å². The summed E-state index contributed by atoms with van der Waals surface area (Å²) in [6.45, 7) is 8.62. The Morgan fingerprint density at radius 3 is 2.51 bits per heavy atom. The van der Waals surface area contributed by atoms with Gasteiger partial charge < -0.3 is 21.3 Å². The Kier molecular flexibility index (Phi) is 11.6. The number of allylic oxidation sites excluding steroid dienone is 5. The van der Waals surface area contributed by atoms with Gasteiger partial charge in [-0.1, -0.05) is 24.3 Å². The number of halogens is 4. The molecule has 0 aliphatic carbocycles. The van der Waals surface area contributed by atoms with Crippen molar-refractivity contribution in [2.75, 3.05) is 18.4 Å². The van der Waals surface area contributed by atoms with Crippen LogP contribution in [0, 0.1) is 0 Å². The molecule has 0 fully saturated rings. The third-order valence-electron chi connectivity index (χ3n) is 4.81. The van der Waals surface area contributed by atoms with Gasteiger partial charge in [0.1, 0.15) is 27.7 Å². The molecule has 0 saturated carbocycles. The third kappa shape index (κ3) is 10.1. The predicted molar refractivity (Wildman–Crippen MR) is 142 cm³/mol. The largest absolute Gasteiger partial charge is 0.417 e. The minimum atomic E-state index is -4.74. The Labute approximate surface area is 231 Å². The van der Waals surface area contributed by atoms with Crippen molar-refractivity contribution in [3.05, 3.63) is 69.2 Å². The molecule has 15 heteroatoms. The summed E-state index contributed by atoms with van der Waals surface area (Å²) in [6.07, 6.45) is -0.0246. The van der Waals surface area contributed by atoms with Crippen LogP contribution < -0.4 is 21.3 Å². The van der Waals surface area contributed by atoms with Crippen LogP contribution in [0.15, 0.2) is 53.6 Å². The number of anilines is 1. The Morgan fingerprint density at radius 1 is 1.15 bits per heavy atom. The van der Waals surface area contributed by atoms with Gasteiger partial charge in [0.15, 0.2) is 0 Å². The van der Waals surface area contributed by atoms with Crippen LogP contribution >= 0.6 is 22.9 Å². The van der Waals surface area contributed by atoms with E-state index in [1.54, 1.807) is 6.92 Å². The van der Waals surface area contributed by atoms with Crippen molar-refractivity contribution < 1.29 is 27.6 Å². The minimum absolute atomic E-state index is 0.0908. The van der Waals surface area contributed by atoms with Crippen LogP contribution in [0.5, 0.6) is 0 Å². The maximum Gasteiger partial charge on any atom is 0.417 e. The first kappa shape index (κ1) is 31.4. The molecule has 39 heavy (non-hydrogen) atoms. The van der Waals surface area contributed by atoms with Crippen molar-refractivity contribution in [1.29, 1.82) is 0 Å². The van der Waals surface area contributed by atoms with Crippen LogP contribution in [0.2, 0.25) is 0 Å². The average molecular weight is 586 g/mol. The molecule has 0 spiro atoms. The van der Waals surface area contributed by atoms with Crippen LogP contribution in [0.25, 0.3) is 0 Å². The summed E-state index contributed by atoms with van der Waals surface area (Å²) in [6, 6.07) is 0.870. The van der Waals surface area contributed by atoms with E-state index in [2.05, 4.69) is 42.8 Å². The number of hydrogen-bond acceptors (Lipinski definition) is 8. The van der Waals surface area contributed by atoms with Crippen LogP contribution in [0.4, 0.5) is 19.0 Å². The van der Waals surface area contributed by atoms with Gasteiger partial charge in [0, 0.05) is 31.8 Å². The number of alkyl halides is 3. The van der Waals surface area contributed by atoms with Crippen LogP contribution in [-0.2, 0) is 4.79 Å². The second kappa shape index (κ2) is 14.4. The van der Waals surface area contributed by atoms with Crippen molar-refractivity contribution in [3.8, 4) is 0 Å². The number of carbonyl (C=O) groups excluding carboxylic acids is 3. The highest BCUT2D eigenvalue weighted by Crippen LogP contribution is 2.32. The molecule has 4 N–H and O–H groups in total. The Bertz CT molecular complexity index is 1280. The summed E-state index contributed by atoms with van der Waals surface area (Å²) in [5.41, 5.74) is -1.14. The van der Waals surface area contributed by atoms with Crippen molar-refractivity contribution >= 4 is 46.5 Å². The molecule has 210 valence electrons. The first-order chi connectivity index (χ1) is 18.3. The maximum atomic E-state index is 13.2. The number of thiazole rings is 1. The lowest BCUT2D eigenvalue weighted by molar-refractivity contribution is -0.118. The highest BCUT2D eigenvalue weighted by atomic mass is 35.5. The molecule has 0 aromatic carbocycles. The second-order valence-electron chi connectivity index (χ2n) is 8.05. The first-order valence-corrected chi connectivity index (χ1v) is 12.7.